The second kappa shape index (κ2) is 8.67. The van der Waals surface area contributed by atoms with E-state index in [2.05, 4.69) is 10.6 Å². The second-order valence-electron chi connectivity index (χ2n) is 6.52. The van der Waals surface area contributed by atoms with Crippen molar-refractivity contribution in [1.82, 2.24) is 10.6 Å². The summed E-state index contributed by atoms with van der Waals surface area (Å²) in [6, 6.07) is 6.48. The van der Waals surface area contributed by atoms with Gasteiger partial charge in [-0.1, -0.05) is 38.5 Å². The fourth-order valence-electron chi connectivity index (χ4n) is 2.16. The van der Waals surface area contributed by atoms with E-state index in [-0.39, 0.29) is 36.3 Å². The molecule has 0 spiro atoms. The average Bonchev–Trinajstić information content (AvgIpc) is 2.50. The van der Waals surface area contributed by atoms with Gasteiger partial charge in [-0.05, 0) is 37.8 Å². The molecule has 1 aromatic rings. The largest absolute Gasteiger partial charge is 0.396 e. The van der Waals surface area contributed by atoms with Crippen molar-refractivity contribution in [3.05, 3.63) is 35.4 Å². The number of aliphatic hydroxyl groups is 1. The molecular formula is C18H28N2O3. The van der Waals surface area contributed by atoms with Gasteiger partial charge in [0.25, 0.3) is 5.91 Å². The van der Waals surface area contributed by atoms with Gasteiger partial charge in [0.15, 0.2) is 0 Å². The lowest BCUT2D eigenvalue weighted by Crippen LogP contribution is -2.52. The van der Waals surface area contributed by atoms with Crippen molar-refractivity contribution in [3.63, 3.8) is 0 Å². The molecule has 1 rings (SSSR count). The molecule has 0 bridgehead atoms. The lowest BCUT2D eigenvalue weighted by atomic mass is 10.00. The summed E-state index contributed by atoms with van der Waals surface area (Å²) in [5.74, 6) is -0.571. The highest BCUT2D eigenvalue weighted by atomic mass is 16.3. The third-order valence-corrected chi connectivity index (χ3v) is 4.03. The Bertz CT molecular complexity index is 543. The van der Waals surface area contributed by atoms with E-state index in [0.717, 1.165) is 5.56 Å². The van der Waals surface area contributed by atoms with E-state index < -0.39 is 6.04 Å². The van der Waals surface area contributed by atoms with E-state index in [1.807, 2.05) is 46.8 Å². The summed E-state index contributed by atoms with van der Waals surface area (Å²) in [5, 5.41) is 14.8. The normalized spacial score (nSPS) is 14.9. The number of hydrogen-bond donors (Lipinski definition) is 3. The fraction of sp³-hybridized carbons (Fsp3) is 0.556. The molecule has 1 aromatic carbocycles. The Morgan fingerprint density at radius 2 is 1.78 bits per heavy atom. The Balaban J connectivity index is 2.78. The zero-order valence-corrected chi connectivity index (χ0v) is 14.6. The van der Waals surface area contributed by atoms with Gasteiger partial charge in [0, 0.05) is 18.2 Å². The first-order valence-corrected chi connectivity index (χ1v) is 8.05. The summed E-state index contributed by atoms with van der Waals surface area (Å²) < 4.78 is 0. The predicted octanol–water partition coefficient (Wildman–Crippen LogP) is 1.88. The van der Waals surface area contributed by atoms with Crippen LogP contribution in [-0.2, 0) is 4.79 Å². The summed E-state index contributed by atoms with van der Waals surface area (Å²) in [6.07, 6.45) is 0. The van der Waals surface area contributed by atoms with Crippen LogP contribution in [0.1, 0.15) is 43.6 Å². The van der Waals surface area contributed by atoms with E-state index in [1.165, 1.54) is 0 Å². The first kappa shape index (κ1) is 19.2. The van der Waals surface area contributed by atoms with Crippen molar-refractivity contribution in [2.45, 2.75) is 46.7 Å². The Labute approximate surface area is 138 Å². The van der Waals surface area contributed by atoms with Gasteiger partial charge in [0.05, 0.1) is 0 Å². The number of carbonyl (C=O) groups excluding carboxylic acids is 2. The van der Waals surface area contributed by atoms with Gasteiger partial charge in [-0.25, -0.2) is 0 Å². The van der Waals surface area contributed by atoms with Crippen LogP contribution < -0.4 is 10.6 Å². The van der Waals surface area contributed by atoms with Gasteiger partial charge in [0.1, 0.15) is 6.04 Å². The third kappa shape index (κ3) is 5.67. The first-order valence-electron chi connectivity index (χ1n) is 8.05. The number of carbonyl (C=O) groups is 2. The molecule has 0 fully saturated rings. The summed E-state index contributed by atoms with van der Waals surface area (Å²) in [6.45, 7) is 9.41. The Kier molecular flexibility index (Phi) is 7.23. The Hall–Kier alpha value is -1.88. The molecule has 0 aromatic heterocycles. The van der Waals surface area contributed by atoms with E-state index in [0.29, 0.717) is 5.56 Å². The molecule has 3 atom stereocenters. The van der Waals surface area contributed by atoms with Crippen molar-refractivity contribution in [3.8, 4) is 0 Å². The molecule has 2 amide bonds. The van der Waals surface area contributed by atoms with Gasteiger partial charge < -0.3 is 15.7 Å². The molecule has 3 N–H and O–H groups in total. The van der Waals surface area contributed by atoms with Crippen LogP contribution in [0.5, 0.6) is 0 Å². The van der Waals surface area contributed by atoms with Gasteiger partial charge in [-0.2, -0.15) is 0 Å². The molecule has 5 nitrogen and oxygen atoms in total. The quantitative estimate of drug-likeness (QED) is 0.718. The van der Waals surface area contributed by atoms with Crippen LogP contribution >= 0.6 is 0 Å². The minimum Gasteiger partial charge on any atom is -0.396 e. The van der Waals surface area contributed by atoms with Crippen LogP contribution in [-0.4, -0.2) is 35.6 Å². The lowest BCUT2D eigenvalue weighted by molar-refractivity contribution is -0.125. The molecule has 0 aliphatic heterocycles. The minimum absolute atomic E-state index is 0.00342. The SMILES string of the molecule is Cc1cccc(C(=O)NC(C(=O)NC(C)C(C)CO)C(C)C)c1. The van der Waals surface area contributed by atoms with E-state index >= 15 is 0 Å². The average molecular weight is 320 g/mol. The topological polar surface area (TPSA) is 78.4 Å². The summed E-state index contributed by atoms with van der Waals surface area (Å²) >= 11 is 0. The highest BCUT2D eigenvalue weighted by Gasteiger charge is 2.26. The van der Waals surface area contributed by atoms with Crippen molar-refractivity contribution in [2.24, 2.45) is 11.8 Å². The number of amides is 2. The maximum atomic E-state index is 12.4. The summed E-state index contributed by atoms with van der Waals surface area (Å²) in [5.41, 5.74) is 1.54. The highest BCUT2D eigenvalue weighted by molar-refractivity contribution is 5.97. The van der Waals surface area contributed by atoms with Crippen molar-refractivity contribution in [1.29, 1.82) is 0 Å². The molecule has 0 heterocycles. The minimum atomic E-state index is -0.614. The summed E-state index contributed by atoms with van der Waals surface area (Å²) in [7, 11) is 0. The molecule has 0 aliphatic carbocycles. The van der Waals surface area contributed by atoms with Crippen LogP contribution in [0.25, 0.3) is 0 Å². The van der Waals surface area contributed by atoms with E-state index in [4.69, 9.17) is 5.11 Å². The maximum absolute atomic E-state index is 12.4. The van der Waals surface area contributed by atoms with Crippen molar-refractivity contribution in [2.75, 3.05) is 6.61 Å². The zero-order valence-electron chi connectivity index (χ0n) is 14.6. The monoisotopic (exact) mass is 320 g/mol. The van der Waals surface area contributed by atoms with E-state index in [1.54, 1.807) is 12.1 Å². The van der Waals surface area contributed by atoms with Crippen LogP contribution in [0.15, 0.2) is 24.3 Å². The number of hydrogen-bond acceptors (Lipinski definition) is 3. The molecular weight excluding hydrogens is 292 g/mol. The smallest absolute Gasteiger partial charge is 0.251 e. The number of benzene rings is 1. The van der Waals surface area contributed by atoms with Crippen LogP contribution in [0.4, 0.5) is 0 Å². The van der Waals surface area contributed by atoms with Gasteiger partial charge in [-0.3, -0.25) is 9.59 Å². The van der Waals surface area contributed by atoms with Gasteiger partial charge in [0.2, 0.25) is 5.91 Å². The fourth-order valence-corrected chi connectivity index (χ4v) is 2.16. The number of aliphatic hydroxyl groups excluding tert-OH is 1. The Morgan fingerprint density at radius 1 is 1.13 bits per heavy atom. The van der Waals surface area contributed by atoms with Gasteiger partial charge in [-0.15, -0.1) is 0 Å². The van der Waals surface area contributed by atoms with E-state index in [9.17, 15) is 9.59 Å². The number of nitrogens with one attached hydrogen (secondary N) is 2. The molecule has 0 saturated carbocycles. The second-order valence-corrected chi connectivity index (χ2v) is 6.52. The van der Waals surface area contributed by atoms with Crippen molar-refractivity contribution >= 4 is 11.8 Å². The molecule has 5 heteroatoms. The standard InChI is InChI=1S/C18H28N2O3/c1-11(2)16(18(23)19-14(5)13(4)10-21)20-17(22)15-8-6-7-12(3)9-15/h6-9,11,13-14,16,21H,10H2,1-5H3,(H,19,23)(H,20,22). The molecule has 128 valence electrons. The lowest BCUT2D eigenvalue weighted by Gasteiger charge is -2.26. The predicted molar refractivity (Wildman–Crippen MR) is 91.1 cm³/mol. The van der Waals surface area contributed by atoms with Crippen LogP contribution in [0.2, 0.25) is 0 Å². The van der Waals surface area contributed by atoms with Gasteiger partial charge >= 0.3 is 0 Å². The molecule has 23 heavy (non-hydrogen) atoms. The zero-order chi connectivity index (χ0) is 17.6. The maximum Gasteiger partial charge on any atom is 0.251 e. The number of rotatable bonds is 7. The first-order chi connectivity index (χ1) is 10.8. The Morgan fingerprint density at radius 3 is 2.30 bits per heavy atom. The van der Waals surface area contributed by atoms with Crippen LogP contribution in [0, 0.1) is 18.8 Å². The summed E-state index contributed by atoms with van der Waals surface area (Å²) in [4.78, 5) is 24.8. The molecule has 3 unspecified atom stereocenters. The highest BCUT2D eigenvalue weighted by Crippen LogP contribution is 2.09. The van der Waals surface area contributed by atoms with Crippen LogP contribution in [0.3, 0.4) is 0 Å². The third-order valence-electron chi connectivity index (χ3n) is 4.03. The van der Waals surface area contributed by atoms with Crippen molar-refractivity contribution < 1.29 is 14.7 Å². The molecule has 0 saturated heterocycles. The molecule has 0 aliphatic rings. The number of aryl methyl sites for hydroxylation is 1. The molecule has 0 radical (unpaired) electrons.